The van der Waals surface area contributed by atoms with Gasteiger partial charge >= 0.3 is 0 Å². The SMILES string of the molecule is N#C/C(=N\Nc1ccc(-c2csc(N3CCOCC3)n2)cc1)C(=N)N. The van der Waals surface area contributed by atoms with Gasteiger partial charge in [-0.15, -0.1) is 11.3 Å². The third-order valence-corrected chi connectivity index (χ3v) is 4.51. The van der Waals surface area contributed by atoms with Gasteiger partial charge in [0.25, 0.3) is 0 Å². The Morgan fingerprint density at radius 1 is 1.36 bits per heavy atom. The minimum atomic E-state index is -0.371. The third kappa shape index (κ3) is 4.12. The Hall–Kier alpha value is -2.96. The van der Waals surface area contributed by atoms with E-state index in [1.165, 1.54) is 0 Å². The third-order valence-electron chi connectivity index (χ3n) is 3.61. The molecule has 2 heterocycles. The number of amidine groups is 1. The normalized spacial score (nSPS) is 14.8. The molecule has 0 radical (unpaired) electrons. The second kappa shape index (κ2) is 7.74. The molecule has 9 heteroatoms. The van der Waals surface area contributed by atoms with Gasteiger partial charge in [0, 0.05) is 24.0 Å². The summed E-state index contributed by atoms with van der Waals surface area (Å²) in [5.41, 5.74) is 10.4. The van der Waals surface area contributed by atoms with Crippen molar-refractivity contribution in [3.05, 3.63) is 29.6 Å². The second-order valence-electron chi connectivity index (χ2n) is 5.29. The molecule has 8 nitrogen and oxygen atoms in total. The lowest BCUT2D eigenvalue weighted by molar-refractivity contribution is 0.122. The summed E-state index contributed by atoms with van der Waals surface area (Å²) in [6.45, 7) is 3.21. The molecule has 3 rings (SSSR count). The first-order valence-corrected chi connectivity index (χ1v) is 8.52. The van der Waals surface area contributed by atoms with Crippen LogP contribution in [0.1, 0.15) is 0 Å². The maximum absolute atomic E-state index is 8.82. The number of ether oxygens (including phenoxy) is 1. The van der Waals surface area contributed by atoms with Gasteiger partial charge < -0.3 is 15.4 Å². The summed E-state index contributed by atoms with van der Waals surface area (Å²) in [4.78, 5) is 6.93. The number of morpholine rings is 1. The Morgan fingerprint density at radius 3 is 2.72 bits per heavy atom. The van der Waals surface area contributed by atoms with Crippen molar-refractivity contribution in [2.75, 3.05) is 36.6 Å². The number of nitrogens with two attached hydrogens (primary N) is 1. The van der Waals surface area contributed by atoms with Crippen LogP contribution in [-0.2, 0) is 4.74 Å². The van der Waals surface area contributed by atoms with Gasteiger partial charge in [-0.2, -0.15) is 10.4 Å². The number of nitrogens with zero attached hydrogens (tertiary/aromatic N) is 4. The highest BCUT2D eigenvalue weighted by atomic mass is 32.1. The molecule has 1 fully saturated rings. The Balaban J connectivity index is 1.69. The quantitative estimate of drug-likeness (QED) is 0.427. The summed E-state index contributed by atoms with van der Waals surface area (Å²) < 4.78 is 5.36. The second-order valence-corrected chi connectivity index (χ2v) is 6.13. The van der Waals surface area contributed by atoms with Crippen LogP contribution in [0.25, 0.3) is 11.3 Å². The number of aromatic nitrogens is 1. The predicted molar refractivity (Wildman–Crippen MR) is 99.2 cm³/mol. The average molecular weight is 355 g/mol. The van der Waals surface area contributed by atoms with E-state index in [0.717, 1.165) is 42.7 Å². The van der Waals surface area contributed by atoms with Crippen molar-refractivity contribution in [1.82, 2.24) is 4.98 Å². The fourth-order valence-electron chi connectivity index (χ4n) is 2.28. The Bertz CT molecular complexity index is 816. The van der Waals surface area contributed by atoms with E-state index in [-0.39, 0.29) is 11.5 Å². The van der Waals surface area contributed by atoms with Crippen LogP contribution in [-0.4, -0.2) is 42.8 Å². The topological polar surface area (TPSA) is 123 Å². The molecular formula is C16H17N7OS. The van der Waals surface area contributed by atoms with E-state index in [1.54, 1.807) is 17.4 Å². The molecule has 0 unspecified atom stereocenters. The summed E-state index contributed by atoms with van der Waals surface area (Å²) >= 11 is 1.62. The zero-order valence-corrected chi connectivity index (χ0v) is 14.2. The van der Waals surface area contributed by atoms with Crippen LogP contribution >= 0.6 is 11.3 Å². The first-order chi connectivity index (χ1) is 12.2. The number of hydrogen-bond donors (Lipinski definition) is 3. The van der Waals surface area contributed by atoms with Crippen LogP contribution in [0.3, 0.4) is 0 Å². The number of rotatable bonds is 5. The van der Waals surface area contributed by atoms with Crippen LogP contribution in [0.2, 0.25) is 0 Å². The largest absolute Gasteiger partial charge is 0.382 e. The lowest BCUT2D eigenvalue weighted by Gasteiger charge is -2.26. The lowest BCUT2D eigenvalue weighted by Crippen LogP contribution is -2.36. The molecule has 1 saturated heterocycles. The molecule has 25 heavy (non-hydrogen) atoms. The van der Waals surface area contributed by atoms with Crippen molar-refractivity contribution < 1.29 is 4.74 Å². The molecule has 0 atom stereocenters. The fraction of sp³-hybridized carbons (Fsp3) is 0.250. The first kappa shape index (κ1) is 16.9. The number of thiazole rings is 1. The van der Waals surface area contributed by atoms with Gasteiger partial charge in [-0.25, -0.2) is 4.98 Å². The van der Waals surface area contributed by atoms with Crippen LogP contribution in [0.4, 0.5) is 10.8 Å². The van der Waals surface area contributed by atoms with Crippen molar-refractivity contribution in [3.8, 4) is 17.3 Å². The molecule has 128 valence electrons. The van der Waals surface area contributed by atoms with E-state index in [0.29, 0.717) is 5.69 Å². The molecule has 0 bridgehead atoms. The maximum Gasteiger partial charge on any atom is 0.201 e. The molecule has 1 aromatic carbocycles. The zero-order chi connectivity index (χ0) is 17.6. The number of nitriles is 1. The van der Waals surface area contributed by atoms with E-state index >= 15 is 0 Å². The minimum absolute atomic E-state index is 0.154. The van der Waals surface area contributed by atoms with Gasteiger partial charge in [-0.1, -0.05) is 12.1 Å². The van der Waals surface area contributed by atoms with Crippen molar-refractivity contribution in [1.29, 1.82) is 10.7 Å². The van der Waals surface area contributed by atoms with E-state index in [1.807, 2.05) is 29.6 Å². The van der Waals surface area contributed by atoms with Crippen molar-refractivity contribution in [2.45, 2.75) is 0 Å². The highest BCUT2D eigenvalue weighted by Crippen LogP contribution is 2.28. The van der Waals surface area contributed by atoms with Gasteiger partial charge in [0.2, 0.25) is 5.71 Å². The highest BCUT2D eigenvalue weighted by molar-refractivity contribution is 7.14. The van der Waals surface area contributed by atoms with Crippen molar-refractivity contribution >= 4 is 33.7 Å². The molecule has 1 aliphatic rings. The summed E-state index contributed by atoms with van der Waals surface area (Å²) in [6.07, 6.45) is 0. The summed E-state index contributed by atoms with van der Waals surface area (Å²) in [5.74, 6) is -0.371. The number of nitrogens with one attached hydrogen (secondary N) is 2. The molecule has 0 aliphatic carbocycles. The zero-order valence-electron chi connectivity index (χ0n) is 13.4. The Kier molecular flexibility index (Phi) is 5.23. The Labute approximate surface area is 149 Å². The van der Waals surface area contributed by atoms with E-state index in [2.05, 4.69) is 15.4 Å². The lowest BCUT2D eigenvalue weighted by atomic mass is 10.1. The van der Waals surface area contributed by atoms with Gasteiger partial charge in [0.15, 0.2) is 11.0 Å². The van der Waals surface area contributed by atoms with Crippen LogP contribution in [0.15, 0.2) is 34.7 Å². The molecule has 4 N–H and O–H groups in total. The van der Waals surface area contributed by atoms with E-state index in [4.69, 9.17) is 26.1 Å². The van der Waals surface area contributed by atoms with Crippen molar-refractivity contribution in [3.63, 3.8) is 0 Å². The summed E-state index contributed by atoms with van der Waals surface area (Å²) in [7, 11) is 0. The standard InChI is InChI=1S/C16H17N7OS/c17-9-13(15(18)19)22-21-12-3-1-11(2-4-12)14-10-25-16(20-14)23-5-7-24-8-6-23/h1-4,10,21H,5-8H2,(H3,18,19)/b22-13+. The molecule has 0 amide bonds. The summed E-state index contributed by atoms with van der Waals surface area (Å²) in [6, 6.07) is 9.28. The smallest absolute Gasteiger partial charge is 0.201 e. The van der Waals surface area contributed by atoms with Gasteiger partial charge in [0.1, 0.15) is 6.07 Å². The average Bonchev–Trinajstić information content (AvgIpc) is 3.13. The molecule has 2 aromatic rings. The molecule has 0 saturated carbocycles. The minimum Gasteiger partial charge on any atom is -0.382 e. The fourth-order valence-corrected chi connectivity index (χ4v) is 3.17. The Morgan fingerprint density at radius 2 is 2.08 bits per heavy atom. The number of hydrogen-bond acceptors (Lipinski definition) is 8. The molecule has 0 spiro atoms. The number of anilines is 2. The highest BCUT2D eigenvalue weighted by Gasteiger charge is 2.15. The van der Waals surface area contributed by atoms with Crippen LogP contribution in [0.5, 0.6) is 0 Å². The number of benzene rings is 1. The molecule has 1 aromatic heterocycles. The van der Waals surface area contributed by atoms with E-state index < -0.39 is 0 Å². The molecule has 1 aliphatic heterocycles. The van der Waals surface area contributed by atoms with Crippen LogP contribution < -0.4 is 16.1 Å². The number of hydrazone groups is 1. The van der Waals surface area contributed by atoms with Crippen molar-refractivity contribution in [2.24, 2.45) is 10.8 Å². The van der Waals surface area contributed by atoms with Gasteiger partial charge in [-0.3, -0.25) is 10.8 Å². The molecular weight excluding hydrogens is 338 g/mol. The maximum atomic E-state index is 8.82. The first-order valence-electron chi connectivity index (χ1n) is 7.64. The predicted octanol–water partition coefficient (Wildman–Crippen LogP) is 1.87. The van der Waals surface area contributed by atoms with Crippen LogP contribution in [0, 0.1) is 16.7 Å². The van der Waals surface area contributed by atoms with E-state index in [9.17, 15) is 0 Å². The van der Waals surface area contributed by atoms with Gasteiger partial charge in [-0.05, 0) is 12.1 Å². The monoisotopic (exact) mass is 355 g/mol. The van der Waals surface area contributed by atoms with Gasteiger partial charge in [0.05, 0.1) is 24.6 Å². The summed E-state index contributed by atoms with van der Waals surface area (Å²) in [5, 5.41) is 22.9.